The summed E-state index contributed by atoms with van der Waals surface area (Å²) in [7, 11) is 0. The highest BCUT2D eigenvalue weighted by Crippen LogP contribution is 2.30. The molecule has 4 rings (SSSR count). The molecule has 1 atom stereocenters. The van der Waals surface area contributed by atoms with Crippen LogP contribution in [0.1, 0.15) is 13.0 Å². The van der Waals surface area contributed by atoms with E-state index in [2.05, 4.69) is 26.2 Å². The fraction of sp³-hybridized carbons (Fsp3) is 0.105. The third-order valence-corrected chi connectivity index (χ3v) is 5.40. The number of rotatable bonds is 4. The first-order chi connectivity index (χ1) is 12.6. The van der Waals surface area contributed by atoms with Gasteiger partial charge in [0.05, 0.1) is 11.0 Å². The molecular formula is C19H15BrN4OS. The van der Waals surface area contributed by atoms with Crippen LogP contribution in [0.2, 0.25) is 0 Å². The summed E-state index contributed by atoms with van der Waals surface area (Å²) >= 11 is 4.91. The van der Waals surface area contributed by atoms with E-state index in [4.69, 9.17) is 4.98 Å². The minimum Gasteiger partial charge on any atom is -0.324 e. The van der Waals surface area contributed by atoms with Crippen LogP contribution < -0.4 is 5.32 Å². The van der Waals surface area contributed by atoms with E-state index in [9.17, 15) is 4.79 Å². The molecule has 2 aromatic carbocycles. The summed E-state index contributed by atoms with van der Waals surface area (Å²) in [4.78, 5) is 22.0. The summed E-state index contributed by atoms with van der Waals surface area (Å²) in [5.41, 5.74) is 2.52. The van der Waals surface area contributed by atoms with E-state index in [0.717, 1.165) is 26.2 Å². The van der Waals surface area contributed by atoms with Crippen LogP contribution >= 0.6 is 27.3 Å². The Hall–Kier alpha value is -2.51. The molecule has 2 heterocycles. The van der Waals surface area contributed by atoms with Crippen LogP contribution in [0.5, 0.6) is 0 Å². The van der Waals surface area contributed by atoms with Gasteiger partial charge in [-0.2, -0.15) is 0 Å². The molecular weight excluding hydrogens is 412 g/mol. The topological polar surface area (TPSA) is 59.8 Å². The van der Waals surface area contributed by atoms with Gasteiger partial charge in [0, 0.05) is 21.7 Å². The number of para-hydroxylation sites is 2. The third-order valence-electron chi connectivity index (χ3n) is 4.10. The van der Waals surface area contributed by atoms with Crippen molar-refractivity contribution in [2.24, 2.45) is 0 Å². The number of halogens is 1. The van der Waals surface area contributed by atoms with Crippen LogP contribution in [0, 0.1) is 0 Å². The smallest absolute Gasteiger partial charge is 0.247 e. The number of benzene rings is 2. The van der Waals surface area contributed by atoms with Gasteiger partial charge in [0.2, 0.25) is 5.91 Å². The number of amides is 1. The van der Waals surface area contributed by atoms with Crippen LogP contribution in [-0.2, 0) is 4.79 Å². The number of nitrogens with zero attached hydrogens (tertiary/aromatic N) is 3. The zero-order chi connectivity index (χ0) is 18.1. The van der Waals surface area contributed by atoms with Crippen molar-refractivity contribution in [2.45, 2.75) is 13.0 Å². The van der Waals surface area contributed by atoms with Crippen LogP contribution in [0.4, 0.5) is 5.69 Å². The van der Waals surface area contributed by atoms with Gasteiger partial charge in [0.15, 0.2) is 10.8 Å². The second-order valence-electron chi connectivity index (χ2n) is 5.80. The van der Waals surface area contributed by atoms with Gasteiger partial charge >= 0.3 is 0 Å². The molecule has 1 unspecified atom stereocenters. The zero-order valence-corrected chi connectivity index (χ0v) is 16.3. The van der Waals surface area contributed by atoms with Crippen molar-refractivity contribution in [3.8, 4) is 10.8 Å². The minimum atomic E-state index is -0.440. The number of anilines is 1. The highest BCUT2D eigenvalue weighted by molar-refractivity contribution is 9.10. The fourth-order valence-corrected chi connectivity index (χ4v) is 3.70. The maximum absolute atomic E-state index is 12.9. The molecule has 0 spiro atoms. The third kappa shape index (κ3) is 3.15. The molecule has 0 aliphatic rings. The molecule has 1 amide bonds. The number of thiazole rings is 1. The van der Waals surface area contributed by atoms with Gasteiger partial charge in [-0.15, -0.1) is 11.3 Å². The molecule has 2 aromatic heterocycles. The Balaban J connectivity index is 1.73. The second-order valence-corrected chi connectivity index (χ2v) is 7.61. The molecule has 4 aromatic rings. The molecule has 5 nitrogen and oxygen atoms in total. The van der Waals surface area contributed by atoms with Gasteiger partial charge < -0.3 is 9.88 Å². The van der Waals surface area contributed by atoms with E-state index in [1.807, 2.05) is 65.4 Å². The Morgan fingerprint density at radius 1 is 1.19 bits per heavy atom. The lowest BCUT2D eigenvalue weighted by atomic mass is 10.2. The highest BCUT2D eigenvalue weighted by Gasteiger charge is 2.23. The summed E-state index contributed by atoms with van der Waals surface area (Å²) in [5.74, 6) is 0.605. The minimum absolute atomic E-state index is 0.103. The highest BCUT2D eigenvalue weighted by atomic mass is 79.9. The lowest BCUT2D eigenvalue weighted by Gasteiger charge is -2.17. The molecule has 0 fully saturated rings. The first-order valence-corrected chi connectivity index (χ1v) is 9.74. The molecule has 0 aliphatic carbocycles. The molecule has 26 heavy (non-hydrogen) atoms. The van der Waals surface area contributed by atoms with E-state index in [1.165, 1.54) is 11.3 Å². The first kappa shape index (κ1) is 16.9. The van der Waals surface area contributed by atoms with E-state index in [1.54, 1.807) is 6.20 Å². The quantitative estimate of drug-likeness (QED) is 0.492. The molecule has 7 heteroatoms. The average Bonchev–Trinajstić information content (AvgIpc) is 3.30. The summed E-state index contributed by atoms with van der Waals surface area (Å²) in [6.45, 7) is 1.87. The first-order valence-electron chi connectivity index (χ1n) is 8.07. The summed E-state index contributed by atoms with van der Waals surface area (Å²) in [5, 5.41) is 5.67. The Kier molecular flexibility index (Phi) is 4.57. The van der Waals surface area contributed by atoms with Gasteiger partial charge in [-0.05, 0) is 43.3 Å². The average molecular weight is 427 g/mol. The van der Waals surface area contributed by atoms with Crippen molar-refractivity contribution >= 4 is 49.9 Å². The van der Waals surface area contributed by atoms with Gasteiger partial charge in [0.1, 0.15) is 6.04 Å². The van der Waals surface area contributed by atoms with Crippen molar-refractivity contribution < 1.29 is 4.79 Å². The van der Waals surface area contributed by atoms with Crippen molar-refractivity contribution in [3.05, 3.63) is 64.6 Å². The number of aromatic nitrogens is 3. The number of hydrogen-bond donors (Lipinski definition) is 1. The summed E-state index contributed by atoms with van der Waals surface area (Å²) < 4.78 is 2.91. The number of carbonyl (C=O) groups is 1. The number of nitrogens with one attached hydrogen (secondary N) is 1. The van der Waals surface area contributed by atoms with Gasteiger partial charge in [-0.25, -0.2) is 9.97 Å². The Morgan fingerprint density at radius 2 is 1.96 bits per heavy atom. The van der Waals surface area contributed by atoms with Crippen LogP contribution in [-0.4, -0.2) is 20.4 Å². The SMILES string of the molecule is CC(C(=O)Nc1ccc(Br)cc1)n1c(-c2nccs2)nc2ccccc21. The molecule has 0 saturated heterocycles. The van der Waals surface area contributed by atoms with Crippen LogP contribution in [0.25, 0.3) is 21.9 Å². The number of hydrogen-bond acceptors (Lipinski definition) is 4. The summed E-state index contributed by atoms with van der Waals surface area (Å²) in [6.07, 6.45) is 1.75. The van der Waals surface area contributed by atoms with Crippen LogP contribution in [0.15, 0.2) is 64.6 Å². The van der Waals surface area contributed by atoms with Gasteiger partial charge in [0.25, 0.3) is 0 Å². The van der Waals surface area contributed by atoms with E-state index in [-0.39, 0.29) is 5.91 Å². The lowest BCUT2D eigenvalue weighted by molar-refractivity contribution is -0.118. The molecule has 1 N–H and O–H groups in total. The largest absolute Gasteiger partial charge is 0.324 e. The standard InChI is InChI=1S/C19H15BrN4OS/c1-12(18(25)22-14-8-6-13(20)7-9-14)24-16-5-3-2-4-15(16)23-17(24)19-21-10-11-26-19/h2-12H,1H3,(H,22,25). The second kappa shape index (κ2) is 7.01. The maximum Gasteiger partial charge on any atom is 0.247 e. The Labute approximate surface area is 162 Å². The molecule has 0 saturated carbocycles. The number of fused-ring (bicyclic) bond motifs is 1. The van der Waals surface area contributed by atoms with Crippen molar-refractivity contribution in [2.75, 3.05) is 5.32 Å². The fourth-order valence-electron chi connectivity index (χ4n) is 2.82. The van der Waals surface area contributed by atoms with E-state index >= 15 is 0 Å². The van der Waals surface area contributed by atoms with Crippen molar-refractivity contribution in [1.82, 2.24) is 14.5 Å². The molecule has 130 valence electrons. The zero-order valence-electron chi connectivity index (χ0n) is 13.9. The Morgan fingerprint density at radius 3 is 2.69 bits per heavy atom. The summed E-state index contributed by atoms with van der Waals surface area (Å²) in [6, 6.07) is 14.9. The Bertz CT molecular complexity index is 1060. The van der Waals surface area contributed by atoms with Crippen molar-refractivity contribution in [1.29, 1.82) is 0 Å². The molecule has 0 bridgehead atoms. The predicted octanol–water partition coefficient (Wildman–Crippen LogP) is 5.12. The molecule has 0 radical (unpaired) electrons. The van der Waals surface area contributed by atoms with E-state index < -0.39 is 6.04 Å². The number of imidazole rings is 1. The van der Waals surface area contributed by atoms with Crippen molar-refractivity contribution in [3.63, 3.8) is 0 Å². The number of carbonyl (C=O) groups excluding carboxylic acids is 1. The maximum atomic E-state index is 12.9. The molecule has 0 aliphatic heterocycles. The monoisotopic (exact) mass is 426 g/mol. The van der Waals surface area contributed by atoms with Gasteiger partial charge in [-0.3, -0.25) is 4.79 Å². The van der Waals surface area contributed by atoms with Gasteiger partial charge in [-0.1, -0.05) is 28.1 Å². The predicted molar refractivity (Wildman–Crippen MR) is 108 cm³/mol. The van der Waals surface area contributed by atoms with Crippen LogP contribution in [0.3, 0.4) is 0 Å². The normalized spacial score (nSPS) is 12.2. The van der Waals surface area contributed by atoms with E-state index in [0.29, 0.717) is 5.82 Å². The lowest BCUT2D eigenvalue weighted by Crippen LogP contribution is -2.24.